The second kappa shape index (κ2) is 7.27. The van der Waals surface area contributed by atoms with E-state index in [-0.39, 0.29) is 6.09 Å². The number of hydrogen-bond acceptors (Lipinski definition) is 5. The Morgan fingerprint density at radius 1 is 1.19 bits per heavy atom. The van der Waals surface area contributed by atoms with Gasteiger partial charge in [0.2, 0.25) is 0 Å². The third-order valence-electron chi connectivity index (χ3n) is 4.25. The van der Waals surface area contributed by atoms with Crippen LogP contribution in [0.4, 0.5) is 10.5 Å². The average molecular weight is 358 g/mol. The lowest BCUT2D eigenvalue weighted by Gasteiger charge is -2.36. The Kier molecular flexibility index (Phi) is 5.06. The van der Waals surface area contributed by atoms with Crippen LogP contribution in [0.1, 0.15) is 20.8 Å². The summed E-state index contributed by atoms with van der Waals surface area (Å²) in [5.74, 6) is 0.804. The molecule has 2 aromatic rings. The highest BCUT2D eigenvalue weighted by atomic mass is 16.6. The van der Waals surface area contributed by atoms with Gasteiger partial charge in [-0.25, -0.2) is 4.79 Å². The molecule has 0 saturated carbocycles. The third-order valence-corrected chi connectivity index (χ3v) is 4.25. The Hall–Kier alpha value is -2.70. The average Bonchev–Trinajstić information content (AvgIpc) is 3.10. The number of ether oxygens (including phenoxy) is 2. The van der Waals surface area contributed by atoms with Gasteiger partial charge >= 0.3 is 6.09 Å². The number of aromatic amines is 1. The maximum atomic E-state index is 12.2. The summed E-state index contributed by atoms with van der Waals surface area (Å²) in [5.41, 5.74) is 2.53. The molecule has 140 valence electrons. The summed E-state index contributed by atoms with van der Waals surface area (Å²) in [6.45, 7) is 8.36. The lowest BCUT2D eigenvalue weighted by molar-refractivity contribution is 0.0240. The maximum absolute atomic E-state index is 12.2. The van der Waals surface area contributed by atoms with E-state index in [1.54, 1.807) is 12.0 Å². The first-order chi connectivity index (χ1) is 12.4. The van der Waals surface area contributed by atoms with Crippen LogP contribution in [0.15, 0.2) is 30.5 Å². The predicted molar refractivity (Wildman–Crippen MR) is 101 cm³/mol. The molecule has 1 aliphatic heterocycles. The van der Waals surface area contributed by atoms with Crippen molar-refractivity contribution in [2.24, 2.45) is 0 Å². The molecule has 1 saturated heterocycles. The minimum atomic E-state index is -0.474. The summed E-state index contributed by atoms with van der Waals surface area (Å²) in [6.07, 6.45) is 1.58. The number of nitrogens with one attached hydrogen (secondary N) is 1. The van der Waals surface area contributed by atoms with E-state index in [0.29, 0.717) is 13.1 Å². The fraction of sp³-hybridized carbons (Fsp3) is 0.474. The van der Waals surface area contributed by atoms with Gasteiger partial charge in [-0.05, 0) is 32.9 Å². The number of rotatable bonds is 3. The molecule has 1 aliphatic rings. The van der Waals surface area contributed by atoms with Crippen LogP contribution in [0.25, 0.3) is 11.3 Å². The summed E-state index contributed by atoms with van der Waals surface area (Å²) in [5, 5.41) is 7.30. The van der Waals surface area contributed by atoms with E-state index in [1.165, 1.54) is 0 Å². The SMILES string of the molecule is COc1cccc(-c2[nH]ncc2N2CCN(C(=O)OC(C)(C)C)CC2)c1. The van der Waals surface area contributed by atoms with Crippen molar-refractivity contribution >= 4 is 11.8 Å². The first-order valence-corrected chi connectivity index (χ1v) is 8.78. The smallest absolute Gasteiger partial charge is 0.410 e. The summed E-state index contributed by atoms with van der Waals surface area (Å²) in [6, 6.07) is 7.88. The maximum Gasteiger partial charge on any atom is 0.410 e. The number of benzene rings is 1. The lowest BCUT2D eigenvalue weighted by atomic mass is 10.1. The van der Waals surface area contributed by atoms with Crippen LogP contribution in [0.5, 0.6) is 5.75 Å². The van der Waals surface area contributed by atoms with Crippen molar-refractivity contribution in [3.8, 4) is 17.0 Å². The van der Waals surface area contributed by atoms with E-state index in [2.05, 4.69) is 15.1 Å². The molecule has 0 atom stereocenters. The fourth-order valence-electron chi connectivity index (χ4n) is 2.97. The van der Waals surface area contributed by atoms with Crippen LogP contribution in [-0.2, 0) is 4.74 Å². The van der Waals surface area contributed by atoms with Crippen LogP contribution < -0.4 is 9.64 Å². The summed E-state index contributed by atoms with van der Waals surface area (Å²) in [7, 11) is 1.66. The van der Waals surface area contributed by atoms with Crippen molar-refractivity contribution in [3.05, 3.63) is 30.5 Å². The zero-order valence-electron chi connectivity index (χ0n) is 15.8. The third kappa shape index (κ3) is 4.09. The van der Waals surface area contributed by atoms with Crippen LogP contribution >= 0.6 is 0 Å². The molecule has 0 bridgehead atoms. The number of carbonyl (C=O) groups is 1. The van der Waals surface area contributed by atoms with Gasteiger partial charge in [0.05, 0.1) is 24.7 Å². The predicted octanol–water partition coefficient (Wildman–Crippen LogP) is 3.14. The second-order valence-electron chi connectivity index (χ2n) is 7.32. The Morgan fingerprint density at radius 2 is 1.92 bits per heavy atom. The van der Waals surface area contributed by atoms with Crippen molar-refractivity contribution in [1.82, 2.24) is 15.1 Å². The van der Waals surface area contributed by atoms with E-state index in [0.717, 1.165) is 35.8 Å². The van der Waals surface area contributed by atoms with E-state index in [1.807, 2.05) is 51.2 Å². The van der Waals surface area contributed by atoms with Crippen LogP contribution in [0.3, 0.4) is 0 Å². The molecule has 2 heterocycles. The molecule has 1 aromatic heterocycles. The largest absolute Gasteiger partial charge is 0.497 e. The van der Waals surface area contributed by atoms with Gasteiger partial charge in [-0.3, -0.25) is 5.10 Å². The van der Waals surface area contributed by atoms with Gasteiger partial charge in [0.25, 0.3) is 0 Å². The second-order valence-corrected chi connectivity index (χ2v) is 7.32. The molecule has 3 rings (SSSR count). The Labute approximate surface area is 153 Å². The molecular weight excluding hydrogens is 332 g/mol. The number of amides is 1. The number of piperazine rings is 1. The molecule has 1 aromatic carbocycles. The van der Waals surface area contributed by atoms with E-state index < -0.39 is 5.60 Å². The van der Waals surface area contributed by atoms with Crippen LogP contribution in [-0.4, -0.2) is 60.1 Å². The highest BCUT2D eigenvalue weighted by molar-refractivity contribution is 5.76. The quantitative estimate of drug-likeness (QED) is 0.913. The number of carbonyl (C=O) groups excluding carboxylic acids is 1. The first kappa shape index (κ1) is 18.1. The molecule has 0 aliphatic carbocycles. The molecule has 1 amide bonds. The number of methoxy groups -OCH3 is 1. The highest BCUT2D eigenvalue weighted by Gasteiger charge is 2.27. The van der Waals surface area contributed by atoms with Gasteiger partial charge in [0.1, 0.15) is 11.4 Å². The first-order valence-electron chi connectivity index (χ1n) is 8.78. The van der Waals surface area contributed by atoms with Crippen molar-refractivity contribution in [2.75, 3.05) is 38.2 Å². The molecule has 0 spiro atoms. The topological polar surface area (TPSA) is 70.7 Å². The molecule has 0 unspecified atom stereocenters. The Bertz CT molecular complexity index is 758. The lowest BCUT2D eigenvalue weighted by Crippen LogP contribution is -2.50. The standard InChI is InChI=1S/C19H26N4O3/c1-19(2,3)26-18(24)23-10-8-22(9-11-23)16-13-20-21-17(16)14-6-5-7-15(12-14)25-4/h5-7,12-13H,8-11H2,1-4H3,(H,20,21). The number of hydrogen-bond donors (Lipinski definition) is 1. The van der Waals surface area contributed by atoms with Gasteiger partial charge in [-0.1, -0.05) is 12.1 Å². The summed E-state index contributed by atoms with van der Waals surface area (Å²) in [4.78, 5) is 16.2. The van der Waals surface area contributed by atoms with Crippen LogP contribution in [0.2, 0.25) is 0 Å². The monoisotopic (exact) mass is 358 g/mol. The summed E-state index contributed by atoms with van der Waals surface area (Å²) < 4.78 is 10.8. The van der Waals surface area contributed by atoms with Crippen molar-refractivity contribution < 1.29 is 14.3 Å². The molecule has 26 heavy (non-hydrogen) atoms. The van der Waals surface area contributed by atoms with E-state index >= 15 is 0 Å². The molecule has 0 radical (unpaired) electrons. The van der Waals surface area contributed by atoms with Gasteiger partial charge in [-0.2, -0.15) is 5.10 Å². The van der Waals surface area contributed by atoms with Crippen molar-refractivity contribution in [1.29, 1.82) is 0 Å². The Balaban J connectivity index is 1.69. The van der Waals surface area contributed by atoms with Gasteiger partial charge in [-0.15, -0.1) is 0 Å². The summed E-state index contributed by atoms with van der Waals surface area (Å²) >= 11 is 0. The van der Waals surface area contributed by atoms with E-state index in [9.17, 15) is 4.79 Å². The fourth-order valence-corrected chi connectivity index (χ4v) is 2.97. The van der Waals surface area contributed by atoms with Crippen molar-refractivity contribution in [2.45, 2.75) is 26.4 Å². The zero-order valence-corrected chi connectivity index (χ0v) is 15.8. The number of H-pyrrole nitrogens is 1. The number of aromatic nitrogens is 2. The highest BCUT2D eigenvalue weighted by Crippen LogP contribution is 2.31. The van der Waals surface area contributed by atoms with E-state index in [4.69, 9.17) is 9.47 Å². The Morgan fingerprint density at radius 3 is 2.58 bits per heavy atom. The normalized spacial score (nSPS) is 15.1. The minimum Gasteiger partial charge on any atom is -0.497 e. The molecule has 1 N–H and O–H groups in total. The molecule has 1 fully saturated rings. The van der Waals surface area contributed by atoms with Crippen LogP contribution in [0, 0.1) is 0 Å². The molecular formula is C19H26N4O3. The van der Waals surface area contributed by atoms with Gasteiger partial charge < -0.3 is 19.3 Å². The van der Waals surface area contributed by atoms with Gasteiger partial charge in [0, 0.05) is 31.7 Å². The van der Waals surface area contributed by atoms with Crippen molar-refractivity contribution in [3.63, 3.8) is 0 Å². The minimum absolute atomic E-state index is 0.252. The van der Waals surface area contributed by atoms with Gasteiger partial charge in [0.15, 0.2) is 0 Å². The molecule has 7 heteroatoms. The zero-order chi connectivity index (χ0) is 18.7. The number of anilines is 1. The molecule has 7 nitrogen and oxygen atoms in total. The number of nitrogens with zero attached hydrogens (tertiary/aromatic N) is 3.